The van der Waals surface area contributed by atoms with Crippen LogP contribution in [0.3, 0.4) is 0 Å². The van der Waals surface area contributed by atoms with Crippen LogP contribution in [0.4, 0.5) is 5.69 Å². The Morgan fingerprint density at radius 2 is 1.84 bits per heavy atom. The van der Waals surface area contributed by atoms with Gasteiger partial charge in [-0.05, 0) is 35.0 Å². The van der Waals surface area contributed by atoms with E-state index >= 15 is 0 Å². The number of aromatic nitrogens is 2. The van der Waals surface area contributed by atoms with Gasteiger partial charge in [-0.1, -0.05) is 34.8 Å². The molecule has 0 aliphatic carbocycles. The van der Waals surface area contributed by atoms with Crippen LogP contribution < -0.4 is 5.32 Å². The van der Waals surface area contributed by atoms with Crippen LogP contribution in [0.1, 0.15) is 11.4 Å². The maximum absolute atomic E-state index is 6.12. The molecule has 3 nitrogen and oxygen atoms in total. The fraction of sp³-hybridized carbons (Fsp3) is 0.250. The fourth-order valence-corrected chi connectivity index (χ4v) is 3.18. The van der Waals surface area contributed by atoms with Crippen molar-refractivity contribution in [3.05, 3.63) is 43.1 Å². The Balaban J connectivity index is 2.24. The number of aryl methyl sites for hydroxylation is 2. The van der Waals surface area contributed by atoms with E-state index in [4.69, 9.17) is 34.8 Å². The standard InChI is InChI=1S/C12H11BrCl3N3/c1-6-11(13)10(19(2)18-6)5-17-12-8(15)3-7(14)4-9(12)16/h3-4,17H,5H2,1-2H3. The summed E-state index contributed by atoms with van der Waals surface area (Å²) >= 11 is 21.6. The normalized spacial score (nSPS) is 10.8. The van der Waals surface area contributed by atoms with Crippen LogP contribution in [0.5, 0.6) is 0 Å². The molecule has 1 N–H and O–H groups in total. The van der Waals surface area contributed by atoms with E-state index in [1.165, 1.54) is 0 Å². The van der Waals surface area contributed by atoms with Gasteiger partial charge >= 0.3 is 0 Å². The van der Waals surface area contributed by atoms with Crippen LogP contribution in [0.15, 0.2) is 16.6 Å². The highest BCUT2D eigenvalue weighted by Gasteiger charge is 2.12. The van der Waals surface area contributed by atoms with Crippen LogP contribution in [-0.2, 0) is 13.6 Å². The van der Waals surface area contributed by atoms with Crippen LogP contribution in [-0.4, -0.2) is 9.78 Å². The first-order valence-corrected chi connectivity index (χ1v) is 7.39. The van der Waals surface area contributed by atoms with Gasteiger partial charge in [0.25, 0.3) is 0 Å². The van der Waals surface area contributed by atoms with Gasteiger partial charge in [0.2, 0.25) is 0 Å². The van der Waals surface area contributed by atoms with Crippen LogP contribution >= 0.6 is 50.7 Å². The minimum atomic E-state index is 0.493. The van der Waals surface area contributed by atoms with Gasteiger partial charge in [-0.3, -0.25) is 4.68 Å². The largest absolute Gasteiger partial charge is 0.377 e. The molecular weight excluding hydrogens is 372 g/mol. The molecule has 0 aliphatic heterocycles. The molecule has 102 valence electrons. The van der Waals surface area contributed by atoms with Crippen molar-refractivity contribution in [1.29, 1.82) is 0 Å². The van der Waals surface area contributed by atoms with Crippen molar-refractivity contribution in [3.63, 3.8) is 0 Å². The number of halogens is 4. The predicted octanol–water partition coefficient (Wildman–Crippen LogP) is 5.06. The smallest absolute Gasteiger partial charge is 0.0739 e. The van der Waals surface area contributed by atoms with Gasteiger partial charge in [0.15, 0.2) is 0 Å². The second-order valence-corrected chi connectivity index (χ2v) is 6.11. The monoisotopic (exact) mass is 381 g/mol. The number of benzene rings is 1. The fourth-order valence-electron chi connectivity index (χ4n) is 1.76. The first-order valence-electron chi connectivity index (χ1n) is 5.46. The molecular formula is C12H11BrCl3N3. The van der Waals surface area contributed by atoms with E-state index < -0.39 is 0 Å². The molecule has 1 heterocycles. The second kappa shape index (κ2) is 5.92. The Labute approximate surface area is 135 Å². The average Bonchev–Trinajstić information content (AvgIpc) is 2.53. The number of hydrogen-bond donors (Lipinski definition) is 1. The maximum atomic E-state index is 6.12. The summed E-state index contributed by atoms with van der Waals surface area (Å²) in [5, 5.41) is 9.03. The molecule has 0 saturated heterocycles. The summed E-state index contributed by atoms with van der Waals surface area (Å²) in [4.78, 5) is 0. The molecule has 0 unspecified atom stereocenters. The summed E-state index contributed by atoms with van der Waals surface area (Å²) in [7, 11) is 1.89. The lowest BCUT2D eigenvalue weighted by atomic mass is 10.3. The van der Waals surface area contributed by atoms with Crippen molar-refractivity contribution in [2.45, 2.75) is 13.5 Å². The van der Waals surface area contributed by atoms with E-state index in [0.717, 1.165) is 15.9 Å². The molecule has 0 bridgehead atoms. The van der Waals surface area contributed by atoms with Gasteiger partial charge in [-0.15, -0.1) is 0 Å². The van der Waals surface area contributed by atoms with Crippen LogP contribution in [0, 0.1) is 6.92 Å². The van der Waals surface area contributed by atoms with Crippen molar-refractivity contribution < 1.29 is 0 Å². The molecule has 0 amide bonds. The number of rotatable bonds is 3. The Morgan fingerprint density at radius 3 is 2.32 bits per heavy atom. The number of anilines is 1. The molecule has 1 aromatic carbocycles. The lowest BCUT2D eigenvalue weighted by Gasteiger charge is -2.11. The van der Waals surface area contributed by atoms with E-state index in [0.29, 0.717) is 27.3 Å². The molecule has 7 heteroatoms. The third kappa shape index (κ3) is 3.19. The summed E-state index contributed by atoms with van der Waals surface area (Å²) in [6.07, 6.45) is 0. The lowest BCUT2D eigenvalue weighted by Crippen LogP contribution is -2.06. The molecule has 0 radical (unpaired) electrons. The zero-order chi connectivity index (χ0) is 14.2. The molecule has 0 saturated carbocycles. The number of nitrogens with one attached hydrogen (secondary N) is 1. The topological polar surface area (TPSA) is 29.9 Å². The third-order valence-electron chi connectivity index (χ3n) is 2.70. The SMILES string of the molecule is Cc1nn(C)c(CNc2c(Cl)cc(Cl)cc2Cl)c1Br. The molecule has 2 aromatic rings. The highest BCUT2D eigenvalue weighted by atomic mass is 79.9. The van der Waals surface area contributed by atoms with Crippen LogP contribution in [0.25, 0.3) is 0 Å². The number of hydrogen-bond acceptors (Lipinski definition) is 2. The Bertz CT molecular complexity index is 602. The molecule has 0 fully saturated rings. The van der Waals surface area contributed by atoms with Gasteiger partial charge in [0.1, 0.15) is 0 Å². The summed E-state index contributed by atoms with van der Waals surface area (Å²) in [5.74, 6) is 0. The molecule has 0 aliphatic rings. The highest BCUT2D eigenvalue weighted by Crippen LogP contribution is 2.34. The summed E-state index contributed by atoms with van der Waals surface area (Å²) in [5.41, 5.74) is 2.62. The summed E-state index contributed by atoms with van der Waals surface area (Å²) < 4.78 is 2.79. The van der Waals surface area contributed by atoms with Gasteiger partial charge in [0, 0.05) is 12.1 Å². The third-order valence-corrected chi connectivity index (χ3v) is 4.55. The van der Waals surface area contributed by atoms with Crippen molar-refractivity contribution >= 4 is 56.4 Å². The molecule has 2 rings (SSSR count). The first kappa shape index (κ1) is 15.0. The van der Waals surface area contributed by atoms with Crippen molar-refractivity contribution in [1.82, 2.24) is 9.78 Å². The second-order valence-electron chi connectivity index (χ2n) is 4.07. The van der Waals surface area contributed by atoms with Gasteiger partial charge in [-0.25, -0.2) is 0 Å². The summed E-state index contributed by atoms with van der Waals surface area (Å²) in [6.45, 7) is 2.49. The summed E-state index contributed by atoms with van der Waals surface area (Å²) in [6, 6.07) is 3.31. The first-order chi connectivity index (χ1) is 8.90. The zero-order valence-electron chi connectivity index (χ0n) is 10.3. The van der Waals surface area contributed by atoms with Crippen LogP contribution in [0.2, 0.25) is 15.1 Å². The van der Waals surface area contributed by atoms with Crippen molar-refractivity contribution in [2.24, 2.45) is 7.05 Å². The van der Waals surface area contributed by atoms with E-state index in [-0.39, 0.29) is 0 Å². The van der Waals surface area contributed by atoms with Gasteiger partial charge in [-0.2, -0.15) is 5.10 Å². The molecule has 0 spiro atoms. The quantitative estimate of drug-likeness (QED) is 0.803. The van der Waals surface area contributed by atoms with E-state index in [9.17, 15) is 0 Å². The molecule has 19 heavy (non-hydrogen) atoms. The predicted molar refractivity (Wildman–Crippen MR) is 84.4 cm³/mol. The zero-order valence-corrected chi connectivity index (χ0v) is 14.1. The van der Waals surface area contributed by atoms with Crippen molar-refractivity contribution in [3.8, 4) is 0 Å². The lowest BCUT2D eigenvalue weighted by molar-refractivity contribution is 0.712. The maximum Gasteiger partial charge on any atom is 0.0739 e. The van der Waals surface area contributed by atoms with Crippen molar-refractivity contribution in [2.75, 3.05) is 5.32 Å². The van der Waals surface area contributed by atoms with Gasteiger partial charge in [0.05, 0.1) is 38.1 Å². The Kier molecular flexibility index (Phi) is 4.66. The highest BCUT2D eigenvalue weighted by molar-refractivity contribution is 9.10. The minimum absolute atomic E-state index is 0.493. The number of nitrogens with zero attached hydrogens (tertiary/aromatic N) is 2. The van der Waals surface area contributed by atoms with E-state index in [1.807, 2.05) is 18.7 Å². The van der Waals surface area contributed by atoms with Gasteiger partial charge < -0.3 is 5.32 Å². The Hall–Kier alpha value is -0.420. The minimum Gasteiger partial charge on any atom is -0.377 e. The van der Waals surface area contributed by atoms with E-state index in [2.05, 4.69) is 26.3 Å². The average molecular weight is 384 g/mol. The molecule has 1 aromatic heterocycles. The van der Waals surface area contributed by atoms with E-state index in [1.54, 1.807) is 12.1 Å². The Morgan fingerprint density at radius 1 is 1.26 bits per heavy atom. The molecule has 0 atom stereocenters.